The van der Waals surface area contributed by atoms with Crippen molar-refractivity contribution in [2.24, 2.45) is 0 Å². The second kappa shape index (κ2) is 7.92. The van der Waals surface area contributed by atoms with Crippen molar-refractivity contribution < 1.29 is 14.6 Å². The van der Waals surface area contributed by atoms with Crippen LogP contribution in [-0.4, -0.2) is 60.6 Å². The molecular formula is C16H22N4O3S2. The first-order valence-electron chi connectivity index (χ1n) is 8.39. The van der Waals surface area contributed by atoms with Gasteiger partial charge in [0.05, 0.1) is 19.0 Å². The molecule has 0 bridgehead atoms. The van der Waals surface area contributed by atoms with Crippen molar-refractivity contribution in [3.8, 4) is 0 Å². The van der Waals surface area contributed by atoms with Crippen molar-refractivity contribution in [1.29, 1.82) is 0 Å². The monoisotopic (exact) mass is 382 g/mol. The van der Waals surface area contributed by atoms with Gasteiger partial charge < -0.3 is 9.84 Å². The Kier molecular flexibility index (Phi) is 5.85. The first-order valence-corrected chi connectivity index (χ1v) is 10.5. The minimum absolute atomic E-state index is 0.262. The summed E-state index contributed by atoms with van der Waals surface area (Å²) in [5, 5.41) is 11.4. The average Bonchev–Trinajstić information content (AvgIpc) is 3.20. The fraction of sp³-hybridized carbons (Fsp3) is 0.625. The molecule has 1 aliphatic heterocycles. The maximum Gasteiger partial charge on any atom is 0.336 e. The van der Waals surface area contributed by atoms with Crippen LogP contribution in [0.25, 0.3) is 11.2 Å². The average molecular weight is 383 g/mol. The number of carbonyl (C=O) groups excluding carboxylic acids is 1. The van der Waals surface area contributed by atoms with E-state index in [1.54, 1.807) is 29.6 Å². The van der Waals surface area contributed by atoms with Crippen molar-refractivity contribution in [2.45, 2.75) is 43.4 Å². The first kappa shape index (κ1) is 18.5. The molecule has 1 N–H and O–H groups in total. The summed E-state index contributed by atoms with van der Waals surface area (Å²) in [6.45, 7) is 4.17. The zero-order valence-corrected chi connectivity index (χ0v) is 16.0. The van der Waals surface area contributed by atoms with Crippen LogP contribution in [-0.2, 0) is 15.1 Å². The zero-order chi connectivity index (χ0) is 17.9. The molecule has 3 heterocycles. The molecule has 2 aromatic rings. The summed E-state index contributed by atoms with van der Waals surface area (Å²) in [6.07, 6.45) is 4.43. The minimum Gasteiger partial charge on any atom is -0.464 e. The lowest BCUT2D eigenvalue weighted by molar-refractivity contribution is -0.157. The molecule has 3 rings (SSSR count). The fourth-order valence-corrected chi connectivity index (χ4v) is 5.27. The molecule has 1 fully saturated rings. The van der Waals surface area contributed by atoms with E-state index in [4.69, 9.17) is 4.74 Å². The van der Waals surface area contributed by atoms with E-state index in [0.717, 1.165) is 23.6 Å². The molecule has 0 spiro atoms. The van der Waals surface area contributed by atoms with Crippen LogP contribution in [0.5, 0.6) is 0 Å². The number of unbranched alkanes of at least 4 members (excludes halogenated alkanes) is 1. The van der Waals surface area contributed by atoms with Gasteiger partial charge in [-0.15, -0.1) is 11.8 Å². The topological polar surface area (TPSA) is 90.1 Å². The maximum absolute atomic E-state index is 12.7. The van der Waals surface area contributed by atoms with Crippen LogP contribution in [0.3, 0.4) is 0 Å². The largest absolute Gasteiger partial charge is 0.464 e. The van der Waals surface area contributed by atoms with Crippen molar-refractivity contribution >= 4 is 40.7 Å². The van der Waals surface area contributed by atoms with Gasteiger partial charge in [0.15, 0.2) is 11.2 Å². The van der Waals surface area contributed by atoms with E-state index in [1.807, 2.05) is 0 Å². The number of ether oxygens (including phenoxy) is 1. The second-order valence-corrected chi connectivity index (χ2v) is 7.96. The summed E-state index contributed by atoms with van der Waals surface area (Å²) in [4.78, 5) is 25.9. The molecular weight excluding hydrogens is 360 g/mol. The Morgan fingerprint density at radius 1 is 1.48 bits per heavy atom. The highest BCUT2D eigenvalue weighted by atomic mass is 32.2. The van der Waals surface area contributed by atoms with Crippen LogP contribution in [0, 0.1) is 0 Å². The number of esters is 1. The van der Waals surface area contributed by atoms with Crippen molar-refractivity contribution in [3.63, 3.8) is 0 Å². The van der Waals surface area contributed by atoms with E-state index in [1.165, 1.54) is 18.1 Å². The number of rotatable bonds is 7. The number of aliphatic hydroxyl groups is 1. The van der Waals surface area contributed by atoms with Crippen LogP contribution in [0.4, 0.5) is 0 Å². The number of hydrogen-bond donors (Lipinski definition) is 1. The summed E-state index contributed by atoms with van der Waals surface area (Å²) < 4.78 is 6.95. The van der Waals surface area contributed by atoms with E-state index in [2.05, 4.69) is 21.9 Å². The quantitative estimate of drug-likeness (QED) is 0.337. The number of carbonyl (C=O) groups is 1. The standard InChI is InChI=1S/C16H22N4O3S2/c1-3-5-6-25-14-12-13(17-9-18-14)20(10-19-12)16(15(22)23-4-2)8-24-7-11(16)21/h9-11,21H,3-8H2,1-2H3. The molecule has 2 aromatic heterocycles. The Balaban J connectivity index is 2.04. The maximum atomic E-state index is 12.7. The molecule has 0 radical (unpaired) electrons. The van der Waals surface area contributed by atoms with Gasteiger partial charge in [-0.2, -0.15) is 11.8 Å². The summed E-state index contributed by atoms with van der Waals surface area (Å²) in [5.41, 5.74) is 0.0368. The fourth-order valence-electron chi connectivity index (χ4n) is 2.86. The van der Waals surface area contributed by atoms with Gasteiger partial charge in [-0.3, -0.25) is 4.57 Å². The molecule has 9 heteroatoms. The minimum atomic E-state index is -1.19. The number of aliphatic hydroxyl groups excluding tert-OH is 1. The number of imidazole rings is 1. The Hall–Kier alpha value is -1.32. The number of nitrogens with zero attached hydrogens (tertiary/aromatic N) is 4. The molecule has 1 aliphatic rings. The molecule has 2 unspecified atom stereocenters. The first-order chi connectivity index (χ1) is 12.1. The van der Waals surface area contributed by atoms with Gasteiger partial charge in [0.2, 0.25) is 0 Å². The Morgan fingerprint density at radius 2 is 2.32 bits per heavy atom. The third-order valence-electron chi connectivity index (χ3n) is 4.24. The predicted octanol–water partition coefficient (Wildman–Crippen LogP) is 2.08. The van der Waals surface area contributed by atoms with Crippen molar-refractivity contribution in [1.82, 2.24) is 19.5 Å². The van der Waals surface area contributed by atoms with E-state index < -0.39 is 17.6 Å². The van der Waals surface area contributed by atoms with Gasteiger partial charge in [-0.1, -0.05) is 13.3 Å². The SMILES string of the molecule is CCCCSc1ncnc2c1ncn2C1(C(=O)OCC)CSCC1O. The summed E-state index contributed by atoms with van der Waals surface area (Å²) >= 11 is 3.16. The third-order valence-corrected chi connectivity index (χ3v) is 6.51. The normalized spacial score (nSPS) is 23.2. The molecule has 0 amide bonds. The summed E-state index contributed by atoms with van der Waals surface area (Å²) in [5.74, 6) is 1.42. The summed E-state index contributed by atoms with van der Waals surface area (Å²) in [6, 6.07) is 0. The lowest BCUT2D eigenvalue weighted by atomic mass is 9.95. The van der Waals surface area contributed by atoms with Gasteiger partial charge in [-0.25, -0.2) is 19.7 Å². The van der Waals surface area contributed by atoms with Crippen LogP contribution in [0.1, 0.15) is 26.7 Å². The Morgan fingerprint density at radius 3 is 3.00 bits per heavy atom. The van der Waals surface area contributed by atoms with Crippen LogP contribution in [0.15, 0.2) is 17.7 Å². The van der Waals surface area contributed by atoms with E-state index in [-0.39, 0.29) is 6.61 Å². The number of fused-ring (bicyclic) bond motifs is 1. The highest BCUT2D eigenvalue weighted by Crippen LogP contribution is 2.38. The zero-order valence-electron chi connectivity index (χ0n) is 14.3. The van der Waals surface area contributed by atoms with E-state index in [9.17, 15) is 9.90 Å². The van der Waals surface area contributed by atoms with Gasteiger partial charge in [0, 0.05) is 11.5 Å². The molecule has 0 aromatic carbocycles. The molecule has 7 nitrogen and oxygen atoms in total. The molecule has 2 atom stereocenters. The summed E-state index contributed by atoms with van der Waals surface area (Å²) in [7, 11) is 0. The van der Waals surface area contributed by atoms with Gasteiger partial charge in [0.1, 0.15) is 16.9 Å². The Bertz CT molecular complexity index is 754. The van der Waals surface area contributed by atoms with Crippen molar-refractivity contribution in [3.05, 3.63) is 12.7 Å². The third kappa shape index (κ3) is 3.24. The number of thioether (sulfide) groups is 2. The number of hydrogen-bond acceptors (Lipinski definition) is 8. The molecule has 136 valence electrons. The Labute approximate surface area is 155 Å². The molecule has 0 saturated carbocycles. The number of aromatic nitrogens is 4. The van der Waals surface area contributed by atoms with E-state index in [0.29, 0.717) is 22.7 Å². The molecule has 25 heavy (non-hydrogen) atoms. The van der Waals surface area contributed by atoms with Gasteiger partial charge in [0.25, 0.3) is 0 Å². The highest BCUT2D eigenvalue weighted by Gasteiger charge is 2.53. The lowest BCUT2D eigenvalue weighted by Crippen LogP contribution is -2.51. The van der Waals surface area contributed by atoms with Gasteiger partial charge >= 0.3 is 5.97 Å². The molecule has 0 aliphatic carbocycles. The van der Waals surface area contributed by atoms with Crippen molar-refractivity contribution in [2.75, 3.05) is 23.9 Å². The van der Waals surface area contributed by atoms with Crippen LogP contribution in [0.2, 0.25) is 0 Å². The lowest BCUT2D eigenvalue weighted by Gasteiger charge is -2.30. The van der Waals surface area contributed by atoms with Crippen LogP contribution < -0.4 is 0 Å². The van der Waals surface area contributed by atoms with Gasteiger partial charge in [-0.05, 0) is 19.1 Å². The smallest absolute Gasteiger partial charge is 0.336 e. The predicted molar refractivity (Wildman–Crippen MR) is 98.9 cm³/mol. The second-order valence-electron chi connectivity index (χ2n) is 5.84. The highest BCUT2D eigenvalue weighted by molar-refractivity contribution is 7.99. The van der Waals surface area contributed by atoms with Crippen LogP contribution >= 0.6 is 23.5 Å². The van der Waals surface area contributed by atoms with E-state index >= 15 is 0 Å². The molecule has 1 saturated heterocycles.